The lowest BCUT2D eigenvalue weighted by molar-refractivity contribution is -0.917. The fourth-order valence-electron chi connectivity index (χ4n) is 3.51. The molecule has 25 heavy (non-hydrogen) atoms. The van der Waals surface area contributed by atoms with Crippen LogP contribution in [-0.2, 0) is 31.6 Å². The Bertz CT molecular complexity index is 764. The maximum atomic E-state index is 5.66. The zero-order valence-electron chi connectivity index (χ0n) is 16.0. The van der Waals surface area contributed by atoms with Gasteiger partial charge in [0, 0.05) is 18.5 Å². The number of aromatic nitrogens is 3. The minimum atomic E-state index is 0.207. The van der Waals surface area contributed by atoms with Gasteiger partial charge in [-0.25, -0.2) is 0 Å². The first-order valence-corrected chi connectivity index (χ1v) is 9.82. The third-order valence-corrected chi connectivity index (χ3v) is 5.46. The van der Waals surface area contributed by atoms with Crippen molar-refractivity contribution in [3.8, 4) is 0 Å². The lowest BCUT2D eigenvalue weighted by Gasteiger charge is -2.19. The van der Waals surface area contributed by atoms with Gasteiger partial charge >= 0.3 is 0 Å². The van der Waals surface area contributed by atoms with E-state index in [9.17, 15) is 0 Å². The largest absolute Gasteiger partial charge is 0.315 e. The summed E-state index contributed by atoms with van der Waals surface area (Å²) in [5.74, 6) is 1.17. The molecule has 2 aromatic rings. The highest BCUT2D eigenvalue weighted by atomic mass is 32.1. The molecular weight excluding hydrogens is 328 g/mol. The molecule has 1 atom stereocenters. The monoisotopic (exact) mass is 359 g/mol. The topological polar surface area (TPSA) is 27.2 Å². The van der Waals surface area contributed by atoms with Crippen molar-refractivity contribution in [1.29, 1.82) is 0 Å². The van der Waals surface area contributed by atoms with Gasteiger partial charge in [0.1, 0.15) is 12.4 Å². The zero-order valence-corrected chi connectivity index (χ0v) is 16.8. The zero-order chi connectivity index (χ0) is 18.0. The summed E-state index contributed by atoms with van der Waals surface area (Å²) >= 11 is 5.66. The highest BCUT2D eigenvalue weighted by Crippen LogP contribution is 2.22. The predicted octanol–water partition coefficient (Wildman–Crippen LogP) is 3.11. The van der Waals surface area contributed by atoms with Gasteiger partial charge in [-0.15, -0.1) is 0 Å². The molecule has 3 rings (SSSR count). The Morgan fingerprint density at radius 3 is 2.52 bits per heavy atom. The second-order valence-electron chi connectivity index (χ2n) is 8.40. The molecule has 0 saturated carbocycles. The summed E-state index contributed by atoms with van der Waals surface area (Å²) in [5, 5.41) is 4.79. The van der Waals surface area contributed by atoms with E-state index in [2.05, 4.69) is 56.7 Å². The first-order chi connectivity index (χ1) is 11.8. The van der Waals surface area contributed by atoms with Crippen molar-refractivity contribution in [3.63, 3.8) is 0 Å². The van der Waals surface area contributed by atoms with Crippen LogP contribution in [0.5, 0.6) is 0 Å². The number of fused-ring (bicyclic) bond motifs is 1. The molecular formula is C20H31N4S+. The van der Waals surface area contributed by atoms with Crippen LogP contribution in [-0.4, -0.2) is 21.4 Å². The SMILES string of the molecule is C[NH+](Cc1ccc(C(C)(C)C)cc1)Cn1nc2n(c1=S)CCCCC2. The van der Waals surface area contributed by atoms with Crippen LogP contribution < -0.4 is 4.90 Å². The molecule has 5 heteroatoms. The Hall–Kier alpha value is -1.46. The number of rotatable bonds is 4. The minimum Gasteiger partial charge on any atom is -0.315 e. The molecule has 0 amide bonds. The Balaban J connectivity index is 1.67. The summed E-state index contributed by atoms with van der Waals surface area (Å²) in [6.45, 7) is 9.59. The van der Waals surface area contributed by atoms with Crippen LogP contribution in [0.4, 0.5) is 0 Å². The lowest BCUT2D eigenvalue weighted by atomic mass is 9.87. The first-order valence-electron chi connectivity index (χ1n) is 9.42. The van der Waals surface area contributed by atoms with Gasteiger partial charge in [-0.2, -0.15) is 9.78 Å². The van der Waals surface area contributed by atoms with E-state index in [4.69, 9.17) is 17.3 Å². The van der Waals surface area contributed by atoms with E-state index in [1.165, 1.54) is 41.1 Å². The van der Waals surface area contributed by atoms with E-state index in [-0.39, 0.29) is 5.41 Å². The maximum Gasteiger partial charge on any atom is 0.202 e. The van der Waals surface area contributed by atoms with E-state index >= 15 is 0 Å². The van der Waals surface area contributed by atoms with Crippen molar-refractivity contribution < 1.29 is 4.90 Å². The smallest absolute Gasteiger partial charge is 0.202 e. The summed E-state index contributed by atoms with van der Waals surface area (Å²) in [6.07, 6.45) is 4.79. The quantitative estimate of drug-likeness (QED) is 0.850. The maximum absolute atomic E-state index is 5.66. The average molecular weight is 360 g/mol. The molecule has 136 valence electrons. The van der Waals surface area contributed by atoms with Crippen LogP contribution in [0.2, 0.25) is 0 Å². The van der Waals surface area contributed by atoms with Crippen molar-refractivity contribution in [3.05, 3.63) is 46.0 Å². The molecule has 1 aliphatic heterocycles. The Morgan fingerprint density at radius 2 is 1.84 bits per heavy atom. The van der Waals surface area contributed by atoms with Gasteiger partial charge in [-0.1, -0.05) is 51.5 Å². The molecule has 4 nitrogen and oxygen atoms in total. The van der Waals surface area contributed by atoms with E-state index in [0.29, 0.717) is 0 Å². The van der Waals surface area contributed by atoms with Gasteiger partial charge in [-0.3, -0.25) is 0 Å². The molecule has 0 saturated heterocycles. The highest BCUT2D eigenvalue weighted by Gasteiger charge is 2.16. The second-order valence-corrected chi connectivity index (χ2v) is 8.76. The molecule has 1 N–H and O–H groups in total. The number of nitrogens with one attached hydrogen (secondary N) is 1. The van der Waals surface area contributed by atoms with Crippen LogP contribution in [0.3, 0.4) is 0 Å². The Kier molecular flexibility index (Phi) is 5.44. The predicted molar refractivity (Wildman–Crippen MR) is 104 cm³/mol. The molecule has 1 aliphatic rings. The molecule has 2 heterocycles. The number of hydrogen-bond donors (Lipinski definition) is 1. The standard InChI is InChI=1S/C20H30N4S/c1-20(2,3)17-11-9-16(10-12-17)14-22(4)15-24-19(25)23-13-7-5-6-8-18(23)21-24/h9-12H,5-8,13-15H2,1-4H3/p+1. The molecule has 0 fully saturated rings. The van der Waals surface area contributed by atoms with Crippen molar-refractivity contribution >= 4 is 12.2 Å². The average Bonchev–Trinajstić information content (AvgIpc) is 2.73. The third-order valence-electron chi connectivity index (χ3n) is 5.03. The molecule has 0 bridgehead atoms. The molecule has 0 aliphatic carbocycles. The minimum absolute atomic E-state index is 0.207. The summed E-state index contributed by atoms with van der Waals surface area (Å²) in [5.41, 5.74) is 2.95. The van der Waals surface area contributed by atoms with Crippen LogP contribution in [0, 0.1) is 4.77 Å². The van der Waals surface area contributed by atoms with E-state index < -0.39 is 0 Å². The van der Waals surface area contributed by atoms with E-state index in [1.807, 2.05) is 4.68 Å². The number of hydrogen-bond acceptors (Lipinski definition) is 2. The second kappa shape index (κ2) is 7.42. The summed E-state index contributed by atoms with van der Waals surface area (Å²) in [7, 11) is 2.21. The fraction of sp³-hybridized carbons (Fsp3) is 0.600. The number of benzene rings is 1. The number of nitrogens with zero attached hydrogens (tertiary/aromatic N) is 3. The van der Waals surface area contributed by atoms with Crippen molar-refractivity contribution in [2.24, 2.45) is 0 Å². The van der Waals surface area contributed by atoms with Crippen molar-refractivity contribution in [2.75, 3.05) is 7.05 Å². The Labute approximate surface area is 156 Å². The number of aryl methyl sites for hydroxylation is 1. The molecule has 0 radical (unpaired) electrons. The van der Waals surface area contributed by atoms with Crippen molar-refractivity contribution in [2.45, 2.75) is 71.6 Å². The van der Waals surface area contributed by atoms with Crippen LogP contribution >= 0.6 is 12.2 Å². The van der Waals surface area contributed by atoms with Gasteiger partial charge in [-0.05, 0) is 36.0 Å². The van der Waals surface area contributed by atoms with Crippen molar-refractivity contribution in [1.82, 2.24) is 14.3 Å². The van der Waals surface area contributed by atoms with Crippen LogP contribution in [0.15, 0.2) is 24.3 Å². The van der Waals surface area contributed by atoms with Crippen LogP contribution in [0.25, 0.3) is 0 Å². The van der Waals surface area contributed by atoms with E-state index in [0.717, 1.165) is 31.0 Å². The lowest BCUT2D eigenvalue weighted by Crippen LogP contribution is -3.07. The Morgan fingerprint density at radius 1 is 1.12 bits per heavy atom. The first kappa shape index (κ1) is 18.3. The number of quaternary nitrogens is 1. The van der Waals surface area contributed by atoms with Gasteiger partial charge in [0.05, 0.1) is 7.05 Å². The molecule has 1 unspecified atom stereocenters. The normalized spacial score (nSPS) is 16.3. The van der Waals surface area contributed by atoms with Crippen LogP contribution in [0.1, 0.15) is 57.0 Å². The molecule has 0 spiro atoms. The highest BCUT2D eigenvalue weighted by molar-refractivity contribution is 7.71. The van der Waals surface area contributed by atoms with Gasteiger partial charge in [0.25, 0.3) is 0 Å². The molecule has 1 aromatic heterocycles. The summed E-state index contributed by atoms with van der Waals surface area (Å²) < 4.78 is 5.15. The summed E-state index contributed by atoms with van der Waals surface area (Å²) in [6, 6.07) is 9.03. The van der Waals surface area contributed by atoms with Gasteiger partial charge < -0.3 is 9.47 Å². The summed E-state index contributed by atoms with van der Waals surface area (Å²) in [4.78, 5) is 1.40. The van der Waals surface area contributed by atoms with E-state index in [1.54, 1.807) is 0 Å². The van der Waals surface area contributed by atoms with Gasteiger partial charge in [0.2, 0.25) is 4.77 Å². The fourth-order valence-corrected chi connectivity index (χ4v) is 3.81. The third kappa shape index (κ3) is 4.39. The molecule has 1 aromatic carbocycles. The van der Waals surface area contributed by atoms with Gasteiger partial charge in [0.15, 0.2) is 6.67 Å².